The van der Waals surface area contributed by atoms with Crippen molar-refractivity contribution >= 4 is 0 Å². The van der Waals surface area contributed by atoms with E-state index in [1.54, 1.807) is 0 Å². The number of nitrogens with zero attached hydrogens (tertiary/aromatic N) is 2. The molecule has 2 aliphatic heterocycles. The predicted octanol–water partition coefficient (Wildman–Crippen LogP) is 6.63. The van der Waals surface area contributed by atoms with Crippen molar-refractivity contribution in [1.29, 1.82) is 0 Å². The highest BCUT2D eigenvalue weighted by Gasteiger charge is 2.30. The molecule has 0 aliphatic carbocycles. The molecule has 2 atom stereocenters. The van der Waals surface area contributed by atoms with Crippen LogP contribution < -0.4 is 9.47 Å². The predicted molar refractivity (Wildman–Crippen MR) is 128 cm³/mol. The summed E-state index contributed by atoms with van der Waals surface area (Å²) in [5, 5.41) is 0. The van der Waals surface area contributed by atoms with E-state index in [-0.39, 0.29) is 0 Å². The summed E-state index contributed by atoms with van der Waals surface area (Å²) in [7, 11) is 0. The Bertz CT molecular complexity index is 517. The third-order valence-corrected chi connectivity index (χ3v) is 6.04. The molecule has 2 aliphatic rings. The van der Waals surface area contributed by atoms with E-state index in [1.807, 2.05) is 24.3 Å². The van der Waals surface area contributed by atoms with E-state index in [0.717, 1.165) is 50.5 Å². The molecule has 0 radical (unpaired) electrons. The maximum Gasteiger partial charge on any atom is 0.266 e. The van der Waals surface area contributed by atoms with Gasteiger partial charge in [0.25, 0.3) is 12.8 Å². The van der Waals surface area contributed by atoms with Gasteiger partial charge in [0.05, 0.1) is 0 Å². The molecule has 3 rings (SSSR count). The number of hydrogen-bond donors (Lipinski definition) is 0. The smallest absolute Gasteiger partial charge is 0.266 e. The normalized spacial score (nSPS) is 18.5. The molecule has 0 aromatic heterocycles. The molecule has 2 heterocycles. The topological polar surface area (TPSA) is 34.2 Å². The van der Waals surface area contributed by atoms with E-state index in [4.69, 9.17) is 14.2 Å². The van der Waals surface area contributed by atoms with Crippen molar-refractivity contribution in [2.45, 2.75) is 105 Å². The second kappa shape index (κ2) is 15.5. The van der Waals surface area contributed by atoms with Crippen molar-refractivity contribution < 1.29 is 14.2 Å². The van der Waals surface area contributed by atoms with E-state index >= 15 is 0 Å². The van der Waals surface area contributed by atoms with Gasteiger partial charge in [0.2, 0.25) is 0 Å². The Morgan fingerprint density at radius 2 is 0.968 bits per heavy atom. The molecule has 2 bridgehead atoms. The van der Waals surface area contributed by atoms with Crippen molar-refractivity contribution in [3.8, 4) is 11.5 Å². The summed E-state index contributed by atoms with van der Waals surface area (Å²) in [4.78, 5) is 4.57. The van der Waals surface area contributed by atoms with Crippen LogP contribution in [0.2, 0.25) is 0 Å². The Balaban J connectivity index is 2.03. The van der Waals surface area contributed by atoms with E-state index in [0.29, 0.717) is 0 Å². The van der Waals surface area contributed by atoms with Crippen LogP contribution in [0.4, 0.5) is 0 Å². The summed E-state index contributed by atoms with van der Waals surface area (Å²) < 4.78 is 19.1. The van der Waals surface area contributed by atoms with Gasteiger partial charge in [0.15, 0.2) is 0 Å². The monoisotopic (exact) mass is 434 g/mol. The van der Waals surface area contributed by atoms with Crippen LogP contribution in [0.3, 0.4) is 0 Å². The van der Waals surface area contributed by atoms with Gasteiger partial charge < -0.3 is 9.47 Å². The largest absolute Gasteiger partial charge is 0.451 e. The number of unbranched alkanes of at least 4 members (excludes halogenated alkanes) is 8. The van der Waals surface area contributed by atoms with Crippen LogP contribution in [0.25, 0.3) is 0 Å². The first-order valence-electron chi connectivity index (χ1n) is 12.8. The number of fused-ring (bicyclic) bond motifs is 6. The average Bonchev–Trinajstić information content (AvgIpc) is 2.93. The maximum atomic E-state index is 6.50. The van der Waals surface area contributed by atoms with Gasteiger partial charge in [-0.3, -0.25) is 4.74 Å². The van der Waals surface area contributed by atoms with Gasteiger partial charge in [-0.1, -0.05) is 79.1 Å². The first kappa shape index (κ1) is 26.0. The highest BCUT2D eigenvalue weighted by atomic mass is 16.8. The van der Waals surface area contributed by atoms with Crippen LogP contribution in [0, 0.1) is 0 Å². The molecule has 1 aromatic rings. The summed E-state index contributed by atoms with van der Waals surface area (Å²) in [6.45, 7) is 12.6. The van der Waals surface area contributed by atoms with Gasteiger partial charge in [0.1, 0.15) is 11.5 Å². The van der Waals surface area contributed by atoms with E-state index in [2.05, 4.69) is 37.5 Å². The Morgan fingerprint density at radius 1 is 0.581 bits per heavy atom. The zero-order valence-electron chi connectivity index (χ0n) is 20.5. The Hall–Kier alpha value is -1.30. The number of ether oxygens (including phenoxy) is 3. The molecule has 0 saturated heterocycles. The summed E-state index contributed by atoms with van der Waals surface area (Å²) in [5.74, 6) is 1.65. The Morgan fingerprint density at radius 3 is 1.32 bits per heavy atom. The molecular formula is C26H46N2O3. The van der Waals surface area contributed by atoms with Crippen LogP contribution in [0.5, 0.6) is 11.5 Å². The molecule has 1 aromatic carbocycles. The first-order chi connectivity index (χ1) is 15.2. The lowest BCUT2D eigenvalue weighted by Crippen LogP contribution is -2.50. The van der Waals surface area contributed by atoms with Gasteiger partial charge in [-0.2, -0.15) is 0 Å². The summed E-state index contributed by atoms with van der Waals surface area (Å²) in [6.07, 6.45) is 11.7. The number of rotatable bonds is 16. The van der Waals surface area contributed by atoms with Gasteiger partial charge in [-0.15, -0.1) is 0 Å². The molecule has 5 nitrogen and oxygen atoms in total. The molecule has 0 fully saturated rings. The number of benzene rings is 1. The zero-order valence-corrected chi connectivity index (χ0v) is 20.5. The van der Waals surface area contributed by atoms with Gasteiger partial charge in [-0.25, -0.2) is 9.80 Å². The van der Waals surface area contributed by atoms with Crippen molar-refractivity contribution in [3.05, 3.63) is 24.3 Å². The lowest BCUT2D eigenvalue weighted by atomic mass is 10.1. The van der Waals surface area contributed by atoms with Crippen LogP contribution in [0.15, 0.2) is 24.3 Å². The van der Waals surface area contributed by atoms with Crippen molar-refractivity contribution in [3.63, 3.8) is 0 Å². The molecular weight excluding hydrogens is 388 g/mol. The van der Waals surface area contributed by atoms with Gasteiger partial charge in [0, 0.05) is 26.2 Å². The fraction of sp³-hybridized carbons (Fsp3) is 0.769. The SMILES string of the molecule is CCCCCCCN(CC)C1Oc2ccc(cc2)OC(N(CC)CCCCCCC)O1. The van der Waals surface area contributed by atoms with E-state index < -0.39 is 12.8 Å². The molecule has 0 amide bonds. The minimum atomic E-state index is -0.447. The molecule has 0 spiro atoms. The summed E-state index contributed by atoms with van der Waals surface area (Å²) in [6, 6.07) is 7.91. The van der Waals surface area contributed by atoms with Gasteiger partial charge in [-0.05, 0) is 37.1 Å². The number of hydrogen-bond acceptors (Lipinski definition) is 5. The van der Waals surface area contributed by atoms with Crippen LogP contribution in [-0.2, 0) is 4.74 Å². The quantitative estimate of drug-likeness (QED) is 0.273. The molecule has 2 unspecified atom stereocenters. The Labute approximate surface area is 191 Å². The highest BCUT2D eigenvalue weighted by molar-refractivity contribution is 5.31. The average molecular weight is 435 g/mol. The zero-order chi connectivity index (χ0) is 22.3. The molecule has 5 heteroatoms. The third-order valence-electron chi connectivity index (χ3n) is 6.04. The lowest BCUT2D eigenvalue weighted by Gasteiger charge is -2.36. The minimum Gasteiger partial charge on any atom is -0.451 e. The second-order valence-corrected chi connectivity index (χ2v) is 8.54. The second-order valence-electron chi connectivity index (χ2n) is 8.54. The standard InChI is InChI=1S/C26H46N2O3/c1-5-9-11-13-15-21-27(7-3)25-29-23-17-19-24(20-18-23)30-26(31-25)28(8-4)22-16-14-12-10-6-2/h17-20,25-26H,5-16,21-22H2,1-4H3. The van der Waals surface area contributed by atoms with E-state index in [9.17, 15) is 0 Å². The molecule has 178 valence electrons. The summed E-state index contributed by atoms with van der Waals surface area (Å²) >= 11 is 0. The van der Waals surface area contributed by atoms with Gasteiger partial charge >= 0.3 is 0 Å². The van der Waals surface area contributed by atoms with Crippen LogP contribution in [0.1, 0.15) is 91.9 Å². The van der Waals surface area contributed by atoms with Crippen LogP contribution in [-0.4, -0.2) is 48.8 Å². The molecule has 31 heavy (non-hydrogen) atoms. The van der Waals surface area contributed by atoms with E-state index in [1.165, 1.54) is 51.4 Å². The fourth-order valence-corrected chi connectivity index (χ4v) is 3.97. The molecule has 0 saturated carbocycles. The Kier molecular flexibility index (Phi) is 13.0. The third kappa shape index (κ3) is 9.38. The summed E-state index contributed by atoms with van der Waals surface area (Å²) in [5.41, 5.74) is 0. The minimum absolute atomic E-state index is 0.447. The van der Waals surface area contributed by atoms with Crippen LogP contribution >= 0.6 is 0 Å². The van der Waals surface area contributed by atoms with Crippen molar-refractivity contribution in [2.24, 2.45) is 0 Å². The highest BCUT2D eigenvalue weighted by Crippen LogP contribution is 2.26. The van der Waals surface area contributed by atoms with Crippen molar-refractivity contribution in [1.82, 2.24) is 9.80 Å². The lowest BCUT2D eigenvalue weighted by molar-refractivity contribution is -0.285. The fourth-order valence-electron chi connectivity index (χ4n) is 3.97. The molecule has 0 N–H and O–H groups in total. The maximum absolute atomic E-state index is 6.50. The first-order valence-corrected chi connectivity index (χ1v) is 12.8. The van der Waals surface area contributed by atoms with Crippen molar-refractivity contribution in [2.75, 3.05) is 26.2 Å².